The third-order valence-electron chi connectivity index (χ3n) is 3.45. The predicted octanol–water partition coefficient (Wildman–Crippen LogP) is 2.39. The van der Waals surface area contributed by atoms with Crippen LogP contribution in [0.2, 0.25) is 0 Å². The van der Waals surface area contributed by atoms with Crippen LogP contribution < -0.4 is 5.32 Å². The second-order valence-electron chi connectivity index (χ2n) is 4.62. The van der Waals surface area contributed by atoms with Crippen LogP contribution in [0.15, 0.2) is 30.3 Å². The van der Waals surface area contributed by atoms with Gasteiger partial charge in [0, 0.05) is 18.0 Å². The molecule has 1 saturated heterocycles. The molecule has 1 aromatic carbocycles. The lowest BCUT2D eigenvalue weighted by molar-refractivity contribution is -0.127. The van der Waals surface area contributed by atoms with Crippen molar-refractivity contribution in [2.75, 3.05) is 12.4 Å². The number of benzene rings is 1. The lowest BCUT2D eigenvalue weighted by atomic mass is 9.77. The maximum absolute atomic E-state index is 12.6. The highest BCUT2D eigenvalue weighted by Crippen LogP contribution is 2.33. The van der Waals surface area contributed by atoms with Crippen molar-refractivity contribution in [3.63, 3.8) is 0 Å². The number of hydrogen-bond acceptors (Lipinski definition) is 2. The fourth-order valence-corrected chi connectivity index (χ4v) is 2.68. The summed E-state index contributed by atoms with van der Waals surface area (Å²) in [6.45, 7) is 0.625. The van der Waals surface area contributed by atoms with E-state index in [2.05, 4.69) is 5.32 Å². The van der Waals surface area contributed by atoms with Crippen LogP contribution in [0.4, 0.5) is 0 Å². The van der Waals surface area contributed by atoms with Crippen molar-refractivity contribution in [2.45, 2.75) is 19.3 Å². The number of amides is 1. The van der Waals surface area contributed by atoms with Gasteiger partial charge in [-0.05, 0) is 12.8 Å². The average molecular weight is 266 g/mol. The van der Waals surface area contributed by atoms with Gasteiger partial charge in [-0.15, -0.1) is 11.6 Å². The second-order valence-corrected chi connectivity index (χ2v) is 4.89. The third kappa shape index (κ3) is 2.27. The summed E-state index contributed by atoms with van der Waals surface area (Å²) in [6.07, 6.45) is 2.26. The first kappa shape index (κ1) is 13.1. The van der Waals surface area contributed by atoms with E-state index in [0.717, 1.165) is 12.8 Å². The molecule has 4 heteroatoms. The van der Waals surface area contributed by atoms with E-state index in [4.69, 9.17) is 11.6 Å². The number of alkyl halides is 1. The van der Waals surface area contributed by atoms with Gasteiger partial charge < -0.3 is 5.32 Å². The Bertz CT molecular complexity index is 446. The number of nitrogens with one attached hydrogen (secondary N) is 1. The summed E-state index contributed by atoms with van der Waals surface area (Å²) in [4.78, 5) is 24.7. The molecule has 1 aliphatic rings. The van der Waals surface area contributed by atoms with Gasteiger partial charge in [0.1, 0.15) is 5.41 Å². The minimum Gasteiger partial charge on any atom is -0.355 e. The van der Waals surface area contributed by atoms with Crippen LogP contribution in [0.25, 0.3) is 0 Å². The summed E-state index contributed by atoms with van der Waals surface area (Å²) in [7, 11) is 0. The topological polar surface area (TPSA) is 46.2 Å². The molecule has 1 heterocycles. The standard InChI is InChI=1S/C14H16ClNO2/c15-10-14(8-4-5-9-16-13(14)18)12(17)11-6-2-1-3-7-11/h1-3,6-7H,4-5,8-10H2,(H,16,18). The molecule has 0 saturated carbocycles. The van der Waals surface area contributed by atoms with E-state index < -0.39 is 5.41 Å². The van der Waals surface area contributed by atoms with Crippen molar-refractivity contribution in [3.8, 4) is 0 Å². The SMILES string of the molecule is O=C1NCCCCC1(CCl)C(=O)c1ccccc1. The highest BCUT2D eigenvalue weighted by atomic mass is 35.5. The van der Waals surface area contributed by atoms with Gasteiger partial charge in [-0.2, -0.15) is 0 Å². The van der Waals surface area contributed by atoms with Gasteiger partial charge >= 0.3 is 0 Å². The molecule has 0 radical (unpaired) electrons. The molecule has 1 fully saturated rings. The maximum atomic E-state index is 12.6. The van der Waals surface area contributed by atoms with Crippen molar-refractivity contribution in [1.82, 2.24) is 5.32 Å². The lowest BCUT2D eigenvalue weighted by Gasteiger charge is -2.26. The van der Waals surface area contributed by atoms with Crippen LogP contribution >= 0.6 is 11.6 Å². The van der Waals surface area contributed by atoms with Crippen molar-refractivity contribution in [2.24, 2.45) is 5.41 Å². The largest absolute Gasteiger partial charge is 0.355 e. The Morgan fingerprint density at radius 1 is 1.28 bits per heavy atom. The summed E-state index contributed by atoms with van der Waals surface area (Å²) in [5, 5.41) is 2.79. The van der Waals surface area contributed by atoms with E-state index in [9.17, 15) is 9.59 Å². The van der Waals surface area contributed by atoms with Crippen LogP contribution in [0.3, 0.4) is 0 Å². The highest BCUT2D eigenvalue weighted by Gasteiger charge is 2.45. The Kier molecular flexibility index (Phi) is 4.02. The van der Waals surface area contributed by atoms with Gasteiger partial charge in [-0.3, -0.25) is 9.59 Å². The number of carbonyl (C=O) groups is 2. The zero-order valence-electron chi connectivity index (χ0n) is 10.1. The number of rotatable bonds is 3. The second kappa shape index (κ2) is 5.53. The van der Waals surface area contributed by atoms with Crippen LogP contribution in [0.1, 0.15) is 29.6 Å². The zero-order valence-corrected chi connectivity index (χ0v) is 10.9. The molecule has 1 amide bonds. The molecule has 96 valence electrons. The first-order valence-corrected chi connectivity index (χ1v) is 6.68. The Labute approximate surface area is 112 Å². The fraction of sp³-hybridized carbons (Fsp3) is 0.429. The number of carbonyl (C=O) groups excluding carboxylic acids is 2. The fourth-order valence-electron chi connectivity index (χ4n) is 2.31. The molecule has 3 nitrogen and oxygen atoms in total. The Hall–Kier alpha value is -1.35. The number of halogens is 1. The molecule has 0 bridgehead atoms. The van der Waals surface area contributed by atoms with E-state index in [0.29, 0.717) is 18.5 Å². The van der Waals surface area contributed by atoms with Gasteiger partial charge in [-0.25, -0.2) is 0 Å². The minimum atomic E-state index is -1.10. The maximum Gasteiger partial charge on any atom is 0.235 e. The molecule has 1 aromatic rings. The minimum absolute atomic E-state index is 0.0343. The Balaban J connectivity index is 2.36. The molecule has 0 aromatic heterocycles. The molecular formula is C14H16ClNO2. The number of Topliss-reactive ketones (excluding diaryl/α,β-unsaturated/α-hetero) is 1. The molecule has 1 unspecified atom stereocenters. The summed E-state index contributed by atoms with van der Waals surface area (Å²) in [5.74, 6) is -0.367. The molecule has 2 rings (SSSR count). The zero-order chi connectivity index (χ0) is 13.0. The predicted molar refractivity (Wildman–Crippen MR) is 70.8 cm³/mol. The average Bonchev–Trinajstić information content (AvgIpc) is 2.61. The lowest BCUT2D eigenvalue weighted by Crippen LogP contribution is -2.46. The van der Waals surface area contributed by atoms with E-state index in [1.165, 1.54) is 0 Å². The monoisotopic (exact) mass is 265 g/mol. The number of hydrogen-bond donors (Lipinski definition) is 1. The Morgan fingerprint density at radius 2 is 2.00 bits per heavy atom. The van der Waals surface area contributed by atoms with Gasteiger partial charge in [0.15, 0.2) is 5.78 Å². The quantitative estimate of drug-likeness (QED) is 0.518. The summed E-state index contributed by atoms with van der Waals surface area (Å²) < 4.78 is 0. The van der Waals surface area contributed by atoms with Crippen LogP contribution in [0, 0.1) is 5.41 Å². The van der Waals surface area contributed by atoms with E-state index in [1.807, 2.05) is 6.07 Å². The van der Waals surface area contributed by atoms with E-state index in [-0.39, 0.29) is 17.6 Å². The van der Waals surface area contributed by atoms with Crippen LogP contribution in [-0.2, 0) is 4.79 Å². The summed E-state index contributed by atoms with van der Waals surface area (Å²) >= 11 is 5.97. The molecular weight excluding hydrogens is 250 g/mol. The van der Waals surface area contributed by atoms with Gasteiger partial charge in [-0.1, -0.05) is 36.8 Å². The Morgan fingerprint density at radius 3 is 2.67 bits per heavy atom. The van der Waals surface area contributed by atoms with Gasteiger partial charge in [0.25, 0.3) is 0 Å². The molecule has 1 aliphatic heterocycles. The van der Waals surface area contributed by atoms with Crippen LogP contribution in [-0.4, -0.2) is 24.1 Å². The van der Waals surface area contributed by atoms with Gasteiger partial charge in [0.05, 0.1) is 0 Å². The first-order chi connectivity index (χ1) is 8.70. The van der Waals surface area contributed by atoms with E-state index in [1.54, 1.807) is 24.3 Å². The van der Waals surface area contributed by atoms with Crippen LogP contribution in [0.5, 0.6) is 0 Å². The molecule has 0 spiro atoms. The third-order valence-corrected chi connectivity index (χ3v) is 3.91. The molecule has 1 N–H and O–H groups in total. The normalized spacial score (nSPS) is 24.2. The molecule has 1 atom stereocenters. The first-order valence-electron chi connectivity index (χ1n) is 6.15. The molecule has 0 aliphatic carbocycles. The smallest absolute Gasteiger partial charge is 0.235 e. The van der Waals surface area contributed by atoms with E-state index >= 15 is 0 Å². The highest BCUT2D eigenvalue weighted by molar-refractivity contribution is 6.26. The molecule has 18 heavy (non-hydrogen) atoms. The van der Waals surface area contributed by atoms with Gasteiger partial charge in [0.2, 0.25) is 5.91 Å². The van der Waals surface area contributed by atoms with Crippen molar-refractivity contribution >= 4 is 23.3 Å². The van der Waals surface area contributed by atoms with Crippen molar-refractivity contribution < 1.29 is 9.59 Å². The number of ketones is 1. The van der Waals surface area contributed by atoms with Crippen molar-refractivity contribution in [1.29, 1.82) is 0 Å². The summed E-state index contributed by atoms with van der Waals surface area (Å²) in [6, 6.07) is 8.90. The van der Waals surface area contributed by atoms with Crippen molar-refractivity contribution in [3.05, 3.63) is 35.9 Å². The summed E-state index contributed by atoms with van der Waals surface area (Å²) in [5.41, 5.74) is -0.547.